The molecule has 0 aliphatic carbocycles. The first kappa shape index (κ1) is 22.8. The van der Waals surface area contributed by atoms with E-state index in [-0.39, 0.29) is 11.8 Å². The Morgan fingerprint density at radius 3 is 2.58 bits per heavy atom. The zero-order valence-corrected chi connectivity index (χ0v) is 19.9. The van der Waals surface area contributed by atoms with Crippen LogP contribution in [0.15, 0.2) is 54.0 Å². The van der Waals surface area contributed by atoms with Gasteiger partial charge in [0.25, 0.3) is 5.91 Å². The third-order valence-corrected chi connectivity index (χ3v) is 6.81. The number of rotatable bonds is 8. The highest BCUT2D eigenvalue weighted by Crippen LogP contribution is 2.29. The second kappa shape index (κ2) is 10.5. The first-order valence-electron chi connectivity index (χ1n) is 10.5. The van der Waals surface area contributed by atoms with Gasteiger partial charge in [0.1, 0.15) is 9.88 Å². The minimum absolute atomic E-state index is 0.00378. The van der Waals surface area contributed by atoms with E-state index in [1.54, 1.807) is 6.20 Å². The molecule has 0 radical (unpaired) electrons. The van der Waals surface area contributed by atoms with E-state index in [1.807, 2.05) is 42.6 Å². The van der Waals surface area contributed by atoms with E-state index >= 15 is 0 Å². The van der Waals surface area contributed by atoms with Crippen LogP contribution in [0.4, 0.5) is 5.13 Å². The Kier molecular flexibility index (Phi) is 7.21. The zero-order chi connectivity index (χ0) is 23.2. The molecule has 3 aromatic heterocycles. The molecule has 4 rings (SSSR count). The van der Waals surface area contributed by atoms with Gasteiger partial charge in [-0.15, -0.1) is 22.7 Å². The fourth-order valence-electron chi connectivity index (χ4n) is 3.22. The van der Waals surface area contributed by atoms with E-state index in [9.17, 15) is 9.59 Å². The van der Waals surface area contributed by atoms with Gasteiger partial charge in [0, 0.05) is 30.6 Å². The highest BCUT2D eigenvalue weighted by atomic mass is 32.1. The van der Waals surface area contributed by atoms with Gasteiger partial charge >= 0.3 is 0 Å². The Balaban J connectivity index is 1.38. The van der Waals surface area contributed by atoms with Gasteiger partial charge in [-0.3, -0.25) is 19.9 Å². The van der Waals surface area contributed by atoms with Crippen molar-refractivity contribution in [1.82, 2.24) is 20.3 Å². The van der Waals surface area contributed by atoms with E-state index in [0.29, 0.717) is 22.2 Å². The molecular formula is C24H23N5O2S2. The van der Waals surface area contributed by atoms with Crippen molar-refractivity contribution in [2.24, 2.45) is 0 Å². The highest BCUT2D eigenvalue weighted by molar-refractivity contribution is 7.17. The minimum Gasteiger partial charge on any atom is -0.356 e. The summed E-state index contributed by atoms with van der Waals surface area (Å²) >= 11 is 2.71. The predicted octanol–water partition coefficient (Wildman–Crippen LogP) is 4.96. The van der Waals surface area contributed by atoms with Crippen LogP contribution >= 0.6 is 22.7 Å². The van der Waals surface area contributed by atoms with E-state index in [4.69, 9.17) is 0 Å². The summed E-state index contributed by atoms with van der Waals surface area (Å²) in [5.41, 5.74) is 4.43. The molecular weight excluding hydrogens is 454 g/mol. The van der Waals surface area contributed by atoms with E-state index < -0.39 is 0 Å². The molecule has 1 aromatic carbocycles. The number of nitrogens with zero attached hydrogens (tertiary/aromatic N) is 3. The molecule has 3 heterocycles. The molecule has 4 aromatic rings. The van der Waals surface area contributed by atoms with E-state index in [0.717, 1.165) is 34.8 Å². The summed E-state index contributed by atoms with van der Waals surface area (Å²) in [5.74, 6) is -0.224. The molecule has 0 fully saturated rings. The second-order valence-corrected chi connectivity index (χ2v) is 9.28. The van der Waals surface area contributed by atoms with Crippen LogP contribution in [0.25, 0.3) is 22.0 Å². The number of aryl methyl sites for hydroxylation is 2. The largest absolute Gasteiger partial charge is 0.356 e. The summed E-state index contributed by atoms with van der Waals surface area (Å²) in [6.45, 7) is 4.02. The smallest absolute Gasteiger partial charge is 0.269 e. The van der Waals surface area contributed by atoms with Gasteiger partial charge in [-0.1, -0.05) is 30.3 Å². The van der Waals surface area contributed by atoms with Gasteiger partial charge in [0.15, 0.2) is 5.13 Å². The number of thiazole rings is 2. The average molecular weight is 478 g/mol. The molecule has 33 heavy (non-hydrogen) atoms. The van der Waals surface area contributed by atoms with Crippen molar-refractivity contribution >= 4 is 39.6 Å². The van der Waals surface area contributed by atoms with Crippen LogP contribution in [0.1, 0.15) is 34.3 Å². The molecule has 2 N–H and O–H groups in total. The van der Waals surface area contributed by atoms with Gasteiger partial charge in [-0.25, -0.2) is 9.97 Å². The molecule has 0 atom stereocenters. The molecule has 0 spiro atoms. The van der Waals surface area contributed by atoms with Crippen molar-refractivity contribution in [2.45, 2.75) is 26.7 Å². The maximum atomic E-state index is 12.8. The van der Waals surface area contributed by atoms with Crippen LogP contribution in [0, 0.1) is 6.92 Å². The Morgan fingerprint density at radius 1 is 1.03 bits per heavy atom. The van der Waals surface area contributed by atoms with Gasteiger partial charge in [0.05, 0.1) is 17.1 Å². The quantitative estimate of drug-likeness (QED) is 0.350. The van der Waals surface area contributed by atoms with Crippen LogP contribution in [0.2, 0.25) is 0 Å². The van der Waals surface area contributed by atoms with Crippen LogP contribution < -0.4 is 10.6 Å². The van der Waals surface area contributed by atoms with Crippen molar-refractivity contribution in [3.8, 4) is 22.0 Å². The second-order valence-electron chi connectivity index (χ2n) is 7.42. The SMILES string of the molecule is CC(=O)NCCCc1ccc(-c2csc(NC(=O)c3sc(-c4ccccn4)nc3C)n2)cc1. The lowest BCUT2D eigenvalue weighted by atomic mass is 10.1. The van der Waals surface area contributed by atoms with Gasteiger partial charge in [-0.2, -0.15) is 0 Å². The average Bonchev–Trinajstić information content (AvgIpc) is 3.44. The third kappa shape index (κ3) is 5.88. The molecule has 7 nitrogen and oxygen atoms in total. The Morgan fingerprint density at radius 2 is 1.85 bits per heavy atom. The first-order valence-corrected chi connectivity index (χ1v) is 12.2. The molecule has 0 aliphatic rings. The van der Waals surface area contributed by atoms with Crippen LogP contribution in [-0.2, 0) is 11.2 Å². The summed E-state index contributed by atoms with van der Waals surface area (Å²) < 4.78 is 0. The van der Waals surface area contributed by atoms with Crippen molar-refractivity contribution in [1.29, 1.82) is 0 Å². The van der Waals surface area contributed by atoms with E-state index in [1.165, 1.54) is 35.2 Å². The Labute approximate surface area is 200 Å². The number of carbonyl (C=O) groups is 2. The predicted molar refractivity (Wildman–Crippen MR) is 133 cm³/mol. The number of carbonyl (C=O) groups excluding carboxylic acids is 2. The van der Waals surface area contributed by atoms with Crippen molar-refractivity contribution in [2.75, 3.05) is 11.9 Å². The summed E-state index contributed by atoms with van der Waals surface area (Å²) in [7, 11) is 0. The number of pyridine rings is 1. The van der Waals surface area contributed by atoms with E-state index in [2.05, 4.69) is 37.7 Å². The maximum Gasteiger partial charge on any atom is 0.269 e. The monoisotopic (exact) mass is 477 g/mol. The third-order valence-electron chi connectivity index (χ3n) is 4.88. The molecule has 0 saturated heterocycles. The number of hydrogen-bond acceptors (Lipinski definition) is 7. The Hall–Kier alpha value is -3.43. The van der Waals surface area contributed by atoms with Crippen LogP contribution in [-0.4, -0.2) is 33.3 Å². The molecule has 168 valence electrons. The van der Waals surface area contributed by atoms with Crippen molar-refractivity contribution < 1.29 is 9.59 Å². The molecule has 2 amide bonds. The topological polar surface area (TPSA) is 96.9 Å². The number of amides is 2. The summed E-state index contributed by atoms with van der Waals surface area (Å²) in [5, 5.41) is 8.89. The molecule has 0 unspecified atom stereocenters. The van der Waals surface area contributed by atoms with Gasteiger partial charge in [-0.05, 0) is 37.5 Å². The number of benzene rings is 1. The fourth-order valence-corrected chi connectivity index (χ4v) is 4.88. The summed E-state index contributed by atoms with van der Waals surface area (Å²) in [6, 6.07) is 13.8. The summed E-state index contributed by atoms with van der Waals surface area (Å²) in [4.78, 5) is 37.7. The molecule has 0 bridgehead atoms. The molecule has 9 heteroatoms. The number of hydrogen-bond donors (Lipinski definition) is 2. The standard InChI is InChI=1S/C24H23N5O2S2/c1-15-21(33-23(27-15)19-7-3-4-12-26-19)22(31)29-24-28-20(14-32-24)18-10-8-17(9-11-18)6-5-13-25-16(2)30/h3-4,7-12,14H,5-6,13H2,1-2H3,(H,25,30)(H,28,29,31). The minimum atomic E-state index is -0.220. The highest BCUT2D eigenvalue weighted by Gasteiger charge is 2.18. The lowest BCUT2D eigenvalue weighted by Crippen LogP contribution is -2.21. The van der Waals surface area contributed by atoms with Crippen molar-refractivity contribution in [3.63, 3.8) is 0 Å². The fraction of sp³-hybridized carbons (Fsp3) is 0.208. The van der Waals surface area contributed by atoms with Crippen LogP contribution in [0.5, 0.6) is 0 Å². The van der Waals surface area contributed by atoms with Gasteiger partial charge in [0.2, 0.25) is 5.91 Å². The van der Waals surface area contributed by atoms with Crippen LogP contribution in [0.3, 0.4) is 0 Å². The van der Waals surface area contributed by atoms with Crippen molar-refractivity contribution in [3.05, 3.63) is 70.2 Å². The normalized spacial score (nSPS) is 10.7. The summed E-state index contributed by atoms with van der Waals surface area (Å²) in [6.07, 6.45) is 3.50. The number of aromatic nitrogens is 3. The molecule has 0 aliphatic heterocycles. The maximum absolute atomic E-state index is 12.8. The Bertz CT molecular complexity index is 1250. The number of anilines is 1. The first-order chi connectivity index (χ1) is 16.0. The lowest BCUT2D eigenvalue weighted by molar-refractivity contribution is -0.118. The molecule has 0 saturated carbocycles. The van der Waals surface area contributed by atoms with Gasteiger partial charge < -0.3 is 5.32 Å². The lowest BCUT2D eigenvalue weighted by Gasteiger charge is -2.04. The number of nitrogens with one attached hydrogen (secondary N) is 2. The zero-order valence-electron chi connectivity index (χ0n) is 18.3.